The van der Waals surface area contributed by atoms with Gasteiger partial charge in [0.15, 0.2) is 0 Å². The van der Waals surface area contributed by atoms with Crippen LogP contribution in [0.5, 0.6) is 23.0 Å². The number of hydrogen-bond donors (Lipinski definition) is 7. The van der Waals surface area contributed by atoms with Crippen molar-refractivity contribution in [2.24, 2.45) is 27.8 Å². The quantitative estimate of drug-likeness (QED) is 0.0207. The Morgan fingerprint density at radius 3 is 1.24 bits per heavy atom. The fourth-order valence-corrected chi connectivity index (χ4v) is 17.9. The molecule has 6 fully saturated rings. The number of nitrogens with zero attached hydrogens (tertiary/aromatic N) is 4. The molecule has 121 heavy (non-hydrogen) atoms. The van der Waals surface area contributed by atoms with Gasteiger partial charge in [-0.15, -0.1) is 13.2 Å². The molecule has 4 heterocycles. The number of rotatable bonds is 25. The number of likely N-dealkylation sites (tertiary alicyclic amines) is 2. The minimum Gasteiger partial charge on any atom is -0.497 e. The molecule has 6 aliphatic rings. The molecule has 2 aromatic heterocycles. The number of ether oxygens (including phenoxy) is 6. The third-order valence-corrected chi connectivity index (χ3v) is 26.3. The second-order valence-electron chi connectivity index (χ2n) is 35.7. The Kier molecular flexibility index (Phi) is 28.8. The average molecular weight is 1930 g/mol. The van der Waals surface area contributed by atoms with Crippen LogP contribution in [0, 0.1) is 53.8 Å². The SMILES string of the molecule is C=C(C)C1(S(N)(=O)=O)CC1.C=C[C@@H]1C[C@]1(NC(=O)[C@@H]1C[C@@H](Oc2cc(-c3ccccc3)nc3cc(OC)ccc23)CN1C(=O)[C@@H](NC(=O)OC(C)(C)C)C(C)(C)C)C(=O)NS(=O)(=O)C1(C(=C)C)CC1.C=C[C@@H]1C[C@]1(NC(=O)[C@@H]1C[C@@H](Oc2cc(-c3ccccc3)nc3cc(OC)ccc23)CN1C(=O)[C@@H](NC(=O)OC(C)(C)C)C(C)(C)C)C(=O)O.[2H][B].[U]. The summed E-state index contributed by atoms with van der Waals surface area (Å²) >= 11 is 0. The summed E-state index contributed by atoms with van der Waals surface area (Å²) in [6, 6.07) is 29.1. The van der Waals surface area contributed by atoms with Crippen molar-refractivity contribution >= 4 is 97.9 Å². The Morgan fingerprint density at radius 1 is 0.579 bits per heavy atom. The number of methoxy groups -OCH3 is 2. The van der Waals surface area contributed by atoms with Crippen LogP contribution in [-0.4, -0.2) is 195 Å². The van der Waals surface area contributed by atoms with Crippen LogP contribution in [0.1, 0.15) is 148 Å². The van der Waals surface area contributed by atoms with Gasteiger partial charge in [0, 0.05) is 110 Å². The summed E-state index contributed by atoms with van der Waals surface area (Å²) in [4.78, 5) is 122. The van der Waals surface area contributed by atoms with Gasteiger partial charge in [-0.05, 0) is 130 Å². The van der Waals surface area contributed by atoms with Gasteiger partial charge in [0.2, 0.25) is 43.7 Å². The van der Waals surface area contributed by atoms with Gasteiger partial charge in [0.25, 0.3) is 5.91 Å². The number of sulfonamides is 2. The summed E-state index contributed by atoms with van der Waals surface area (Å²) < 4.78 is 89.4. The summed E-state index contributed by atoms with van der Waals surface area (Å²) in [6.07, 6.45) is 2.28. The van der Waals surface area contributed by atoms with E-state index < -0.39 is 159 Å². The van der Waals surface area contributed by atoms with Crippen LogP contribution >= 0.6 is 0 Å². The zero-order valence-corrected chi connectivity index (χ0v) is 77.4. The maximum Gasteiger partial charge on any atom is 0.408 e. The van der Waals surface area contributed by atoms with Crippen molar-refractivity contribution in [1.82, 2.24) is 45.8 Å². The number of carboxylic acids is 1. The Bertz CT molecular complexity index is 5250. The van der Waals surface area contributed by atoms with Gasteiger partial charge in [-0.25, -0.2) is 46.3 Å². The van der Waals surface area contributed by atoms with Crippen LogP contribution < -0.4 is 50.1 Å². The number of alkyl carbamates (subject to hydrolysis) is 2. The number of benzene rings is 4. The van der Waals surface area contributed by atoms with Crippen LogP contribution in [0.15, 0.2) is 159 Å². The third-order valence-electron chi connectivity index (χ3n) is 22.3. The standard InChI is InChI=1S/C44H55N5O9S.C38H46N4O8.C6H11NO2S.BH.U/c1-11-28-24-44(28,39(52)48-59(54,55)43(19-20-43)26(2)3)47-37(50)34-22-30(25-49(34)38(51)36(41(4,5)6)46-40(53)58-42(7,8)9)57-35-23-32(27-15-13-12-14-16-27)45-33-21-29(56-10)17-18-31(33)35;1-9-23-20-38(23,34(45)46)41-32(43)29-18-25(21-42(29)33(44)31(36(2,3)4)40-35(47)50-37(5,6)7)49-30-19-27(22-13-11-10-12-14-22)39-28-17-24(48-8)15-16-26(28)30;1-5(2)6(3-4-6)10(7,8)9;;/h11-18,21,23,28,30,34,36H,1-2,19-20,22,24-25H2,3-10H3,(H,46,53)(H,47,50)(H,48,52);9-17,19,23,25,29,31H,1,18,20-21H2,2-8H3,(H,40,47)(H,41,43)(H,45,46);1,3-4H2,2H3,(H2,7,8,9);1H;/t28-,30-,34+,36-,44-;23-,25-,29+,31-,38-;;;/m11.../s1/i;;;1D;. The molecule has 648 valence electrons. The maximum atomic E-state index is 14.7. The third kappa shape index (κ3) is 21.8. The van der Waals surface area contributed by atoms with Crippen LogP contribution in [0.4, 0.5) is 9.59 Å². The number of carboxylic acid groups (broad SMARTS) is 1. The Morgan fingerprint density at radius 2 is 0.942 bits per heavy atom. The van der Waals surface area contributed by atoms with Crippen molar-refractivity contribution in [2.75, 3.05) is 27.3 Å². The Labute approximate surface area is 735 Å². The number of nitrogens with one attached hydrogen (secondary N) is 5. The normalized spacial score (nSPS) is 22.2. The molecular weight excluding hydrogens is 1810 g/mol. The number of carbonyl (C=O) groups is 8. The van der Waals surface area contributed by atoms with E-state index in [1.54, 1.807) is 129 Å². The van der Waals surface area contributed by atoms with E-state index in [-0.39, 0.29) is 69.9 Å². The first-order chi connectivity index (χ1) is 56.4. The molecular formula is C88H113BN10O19S2U. The average Bonchev–Trinajstić information content (AvgIpc) is 1.55. The van der Waals surface area contributed by atoms with Gasteiger partial charge in [-0.1, -0.05) is 139 Å². The molecule has 0 unspecified atom stereocenters. The molecule has 8 N–H and O–H groups in total. The molecule has 29 nitrogen and oxygen atoms in total. The number of carbonyl (C=O) groups excluding carboxylic acids is 7. The van der Waals surface area contributed by atoms with Gasteiger partial charge < -0.3 is 64.6 Å². The predicted molar refractivity (Wildman–Crippen MR) is 459 cm³/mol. The maximum absolute atomic E-state index is 14.7. The van der Waals surface area contributed by atoms with E-state index in [2.05, 4.69) is 60.7 Å². The van der Waals surface area contributed by atoms with E-state index in [1.165, 1.54) is 22.0 Å². The topological polar surface area (TPSA) is 399 Å². The minimum absolute atomic E-state index is 0. The molecule has 4 aliphatic carbocycles. The zero-order valence-electron chi connectivity index (χ0n) is 72.6. The number of primary sulfonamides is 1. The number of aliphatic carboxylic acids is 1. The van der Waals surface area contributed by atoms with Crippen molar-refractivity contribution in [3.05, 3.63) is 159 Å². The van der Waals surface area contributed by atoms with Crippen molar-refractivity contribution in [2.45, 2.75) is 216 Å². The molecule has 6 aromatic rings. The summed E-state index contributed by atoms with van der Waals surface area (Å²) in [5, 5.41) is 27.4. The Balaban J connectivity index is 0.000000267. The molecule has 4 saturated carbocycles. The molecule has 7 amide bonds. The van der Waals surface area contributed by atoms with E-state index in [4.69, 9.17) is 44.9 Å². The number of pyridine rings is 2. The second-order valence-corrected chi connectivity index (χ2v) is 39.6. The summed E-state index contributed by atoms with van der Waals surface area (Å²) in [5.74, 6) is -3.35. The van der Waals surface area contributed by atoms with E-state index in [9.17, 15) is 60.3 Å². The molecule has 33 heteroatoms. The first-order valence-electron chi connectivity index (χ1n) is 40.0. The van der Waals surface area contributed by atoms with Gasteiger partial charge in [0.1, 0.15) is 91.1 Å². The minimum atomic E-state index is -4.18. The summed E-state index contributed by atoms with van der Waals surface area (Å²) in [6.45, 7) is 39.2. The first kappa shape index (κ1) is 95.0. The van der Waals surface area contributed by atoms with E-state index in [0.717, 1.165) is 11.1 Å². The molecule has 0 bridgehead atoms. The van der Waals surface area contributed by atoms with Crippen LogP contribution in [-0.2, 0) is 58.3 Å². The van der Waals surface area contributed by atoms with Crippen molar-refractivity contribution in [3.8, 4) is 45.5 Å². The molecule has 10 atom stereocenters. The molecule has 2 radical (unpaired) electrons. The molecule has 0 spiro atoms. The number of fused-ring (bicyclic) bond motifs is 2. The largest absolute Gasteiger partial charge is 0.497 e. The Hall–Kier alpha value is -9.80. The van der Waals surface area contributed by atoms with Crippen LogP contribution in [0.25, 0.3) is 44.3 Å². The molecule has 2 saturated heterocycles. The summed E-state index contributed by atoms with van der Waals surface area (Å²) in [5.41, 5.74) is -1.13. The molecule has 4 aromatic carbocycles. The fourth-order valence-electron chi connectivity index (χ4n) is 15.0. The first-order valence-corrected chi connectivity index (χ1v) is 42.5. The predicted octanol–water partition coefficient (Wildman–Crippen LogP) is 10.9. The fraction of sp³-hybridized carbons (Fsp3) is 0.477. The van der Waals surface area contributed by atoms with E-state index >= 15 is 0 Å². The molecule has 2 aliphatic heterocycles. The number of nitrogens with two attached hydrogens (primary N) is 1. The summed E-state index contributed by atoms with van der Waals surface area (Å²) in [7, 11) is -0.679. The molecule has 12 rings (SSSR count). The van der Waals surface area contributed by atoms with Gasteiger partial charge >= 0.3 is 18.2 Å². The van der Waals surface area contributed by atoms with Gasteiger partial charge in [-0.3, -0.25) is 28.7 Å². The number of amides is 7. The monoisotopic (exact) mass is 1930 g/mol. The zero-order chi connectivity index (χ0) is 89.9. The van der Waals surface area contributed by atoms with Crippen LogP contribution in [0.2, 0.25) is 0 Å². The number of aromatic nitrogens is 2. The van der Waals surface area contributed by atoms with Gasteiger partial charge in [0.05, 0.1) is 49.7 Å². The van der Waals surface area contributed by atoms with Gasteiger partial charge in [-0.2, -0.15) is 0 Å². The second kappa shape index (κ2) is 36.7. The van der Waals surface area contributed by atoms with Crippen molar-refractivity contribution in [3.63, 3.8) is 0 Å². The number of hydrogen-bond acceptors (Lipinski definition) is 20. The van der Waals surface area contributed by atoms with Crippen molar-refractivity contribution < 1.29 is 120 Å². The van der Waals surface area contributed by atoms with E-state index in [1.807, 2.05) is 91.0 Å². The van der Waals surface area contributed by atoms with Crippen molar-refractivity contribution in [1.29, 1.82) is 1.34 Å². The smallest absolute Gasteiger partial charge is 0.408 e. The van der Waals surface area contributed by atoms with Crippen LogP contribution in [0.3, 0.4) is 0 Å². The van der Waals surface area contributed by atoms with E-state index in [0.29, 0.717) is 93.0 Å².